The van der Waals surface area contributed by atoms with Gasteiger partial charge in [0.05, 0.1) is 28.4 Å². The van der Waals surface area contributed by atoms with Crippen molar-refractivity contribution in [2.75, 3.05) is 11.5 Å². The number of rotatable bonds is 5. The lowest BCUT2D eigenvalue weighted by Crippen LogP contribution is -2.29. The zero-order valence-electron chi connectivity index (χ0n) is 22.1. The Hall–Kier alpha value is -4.17. The Kier molecular flexibility index (Phi) is 6.14. The number of fused-ring (bicyclic) bond motifs is 2. The number of hydrogen-bond donors (Lipinski definition) is 1. The Bertz CT molecular complexity index is 1690. The highest BCUT2D eigenvalue weighted by atomic mass is 32.1. The van der Waals surface area contributed by atoms with Crippen molar-refractivity contribution < 1.29 is 24.2 Å². The van der Waals surface area contributed by atoms with Crippen LogP contribution in [0.4, 0.5) is 5.13 Å². The number of aryl methyl sites for hydroxylation is 2. The van der Waals surface area contributed by atoms with Crippen molar-refractivity contribution in [3.8, 4) is 11.5 Å². The Morgan fingerprint density at radius 3 is 2.77 bits per heavy atom. The standard InChI is InChI=1S/C31H28N2O5S/c1-5-37-22-8-6-7-19(15-22)27-25(28(34)20-9-10-23-21(14-20)13-18(4)38-23)29(35)30(36)33(27)31-32-26-17(3)11-16(2)12-24(26)39-31/h6-12,14-15,18,27,34H,5,13H2,1-4H3. The number of aromatic nitrogens is 1. The van der Waals surface area contributed by atoms with E-state index in [9.17, 15) is 14.7 Å². The number of amides is 1. The van der Waals surface area contributed by atoms with E-state index < -0.39 is 17.7 Å². The van der Waals surface area contributed by atoms with Crippen molar-refractivity contribution in [3.63, 3.8) is 0 Å². The zero-order valence-corrected chi connectivity index (χ0v) is 23.0. The number of ether oxygens (including phenoxy) is 2. The minimum atomic E-state index is -0.879. The van der Waals surface area contributed by atoms with Crippen LogP contribution in [0, 0.1) is 13.8 Å². The molecule has 0 radical (unpaired) electrons. The second kappa shape index (κ2) is 9.54. The first kappa shape index (κ1) is 25.1. The maximum atomic E-state index is 13.7. The number of thiazole rings is 1. The minimum Gasteiger partial charge on any atom is -0.507 e. The van der Waals surface area contributed by atoms with Crippen LogP contribution in [0.3, 0.4) is 0 Å². The molecular formula is C31H28N2O5S. The number of aliphatic hydroxyl groups is 1. The Labute approximate surface area is 230 Å². The first-order valence-corrected chi connectivity index (χ1v) is 13.8. The molecular weight excluding hydrogens is 512 g/mol. The summed E-state index contributed by atoms with van der Waals surface area (Å²) in [5.41, 5.74) is 4.96. The molecule has 6 rings (SSSR count). The van der Waals surface area contributed by atoms with Crippen molar-refractivity contribution in [2.24, 2.45) is 0 Å². The van der Waals surface area contributed by atoms with Gasteiger partial charge in [0.1, 0.15) is 23.4 Å². The topological polar surface area (TPSA) is 89.0 Å². The number of ketones is 1. The quantitative estimate of drug-likeness (QED) is 0.183. The molecule has 2 aliphatic heterocycles. The van der Waals surface area contributed by atoms with Crippen LogP contribution >= 0.6 is 11.3 Å². The first-order valence-electron chi connectivity index (χ1n) is 13.0. The summed E-state index contributed by atoms with van der Waals surface area (Å²) in [5.74, 6) is -0.328. The van der Waals surface area contributed by atoms with Gasteiger partial charge < -0.3 is 14.6 Å². The third-order valence-corrected chi connectivity index (χ3v) is 8.13. The van der Waals surface area contributed by atoms with Gasteiger partial charge in [-0.3, -0.25) is 14.5 Å². The van der Waals surface area contributed by atoms with E-state index in [0.717, 1.165) is 32.7 Å². The molecule has 1 fully saturated rings. The highest BCUT2D eigenvalue weighted by molar-refractivity contribution is 7.22. The van der Waals surface area contributed by atoms with E-state index in [1.54, 1.807) is 18.2 Å². The molecule has 1 aromatic heterocycles. The summed E-state index contributed by atoms with van der Waals surface area (Å²) < 4.78 is 12.5. The summed E-state index contributed by atoms with van der Waals surface area (Å²) in [6.45, 7) is 8.34. The Morgan fingerprint density at radius 1 is 1.15 bits per heavy atom. The molecule has 2 unspecified atom stereocenters. The lowest BCUT2D eigenvalue weighted by molar-refractivity contribution is -0.132. The van der Waals surface area contributed by atoms with Gasteiger partial charge in [-0.1, -0.05) is 29.5 Å². The summed E-state index contributed by atoms with van der Waals surface area (Å²) in [7, 11) is 0. The average Bonchev–Trinajstić information content (AvgIpc) is 3.56. The van der Waals surface area contributed by atoms with Gasteiger partial charge in [-0.15, -0.1) is 0 Å². The predicted molar refractivity (Wildman–Crippen MR) is 152 cm³/mol. The summed E-state index contributed by atoms with van der Waals surface area (Å²) >= 11 is 1.36. The zero-order chi connectivity index (χ0) is 27.4. The van der Waals surface area contributed by atoms with E-state index in [-0.39, 0.29) is 17.4 Å². The van der Waals surface area contributed by atoms with Crippen LogP contribution in [-0.4, -0.2) is 34.5 Å². The molecule has 0 bridgehead atoms. The van der Waals surface area contributed by atoms with Gasteiger partial charge >= 0.3 is 5.91 Å². The second-order valence-corrected chi connectivity index (χ2v) is 11.1. The molecule has 2 aliphatic rings. The monoisotopic (exact) mass is 540 g/mol. The van der Waals surface area contributed by atoms with Crippen LogP contribution in [0.15, 0.2) is 60.2 Å². The van der Waals surface area contributed by atoms with Crippen LogP contribution in [0.2, 0.25) is 0 Å². The molecule has 0 saturated carbocycles. The SMILES string of the molecule is CCOc1cccc(C2C(=C(O)c3ccc4c(c3)CC(C)O4)C(=O)C(=O)N2c2nc3c(C)cc(C)cc3s2)c1. The highest BCUT2D eigenvalue weighted by Crippen LogP contribution is 2.45. The summed E-state index contributed by atoms with van der Waals surface area (Å²) in [5, 5.41) is 12.0. The van der Waals surface area contributed by atoms with E-state index in [2.05, 4.69) is 0 Å². The molecule has 39 heavy (non-hydrogen) atoms. The van der Waals surface area contributed by atoms with Gasteiger partial charge in [0.25, 0.3) is 5.78 Å². The molecule has 198 valence electrons. The maximum Gasteiger partial charge on any atom is 0.301 e. The highest BCUT2D eigenvalue weighted by Gasteiger charge is 2.48. The first-order chi connectivity index (χ1) is 18.7. The van der Waals surface area contributed by atoms with E-state index in [1.165, 1.54) is 16.2 Å². The molecule has 1 amide bonds. The molecule has 7 nitrogen and oxygen atoms in total. The van der Waals surface area contributed by atoms with Gasteiger partial charge in [0.15, 0.2) is 5.13 Å². The summed E-state index contributed by atoms with van der Waals surface area (Å²) in [6.07, 6.45) is 0.741. The number of benzene rings is 3. The predicted octanol–water partition coefficient (Wildman–Crippen LogP) is 6.26. The van der Waals surface area contributed by atoms with Gasteiger partial charge in [-0.2, -0.15) is 0 Å². The fourth-order valence-corrected chi connectivity index (χ4v) is 6.64. The largest absolute Gasteiger partial charge is 0.507 e. The number of anilines is 1. The van der Waals surface area contributed by atoms with Crippen LogP contribution in [-0.2, 0) is 16.0 Å². The number of carbonyl (C=O) groups excluding carboxylic acids is 2. The van der Waals surface area contributed by atoms with E-state index in [1.807, 2.05) is 64.1 Å². The summed E-state index contributed by atoms with van der Waals surface area (Å²) in [6, 6.07) is 15.8. The van der Waals surface area contributed by atoms with Crippen LogP contribution < -0.4 is 14.4 Å². The molecule has 3 heterocycles. The fraction of sp³-hybridized carbons (Fsp3) is 0.258. The third kappa shape index (κ3) is 4.25. The number of hydrogen-bond acceptors (Lipinski definition) is 7. The van der Waals surface area contributed by atoms with Crippen molar-refractivity contribution in [1.29, 1.82) is 0 Å². The Morgan fingerprint density at radius 2 is 1.97 bits per heavy atom. The number of carbonyl (C=O) groups is 2. The van der Waals surface area contributed by atoms with E-state index in [0.29, 0.717) is 35.0 Å². The lowest BCUT2D eigenvalue weighted by Gasteiger charge is -2.23. The second-order valence-electron chi connectivity index (χ2n) is 10.1. The molecule has 3 aromatic carbocycles. The van der Waals surface area contributed by atoms with Crippen molar-refractivity contribution >= 4 is 44.1 Å². The van der Waals surface area contributed by atoms with Crippen molar-refractivity contribution in [1.82, 2.24) is 4.98 Å². The van der Waals surface area contributed by atoms with Crippen LogP contribution in [0.25, 0.3) is 16.0 Å². The maximum absolute atomic E-state index is 13.7. The molecule has 1 N–H and O–H groups in total. The molecule has 0 spiro atoms. The van der Waals surface area contributed by atoms with Crippen LogP contribution in [0.5, 0.6) is 11.5 Å². The minimum absolute atomic E-state index is 0.0210. The molecule has 4 aromatic rings. The van der Waals surface area contributed by atoms with Gasteiger partial charge in [-0.05, 0) is 86.3 Å². The normalized spacial score (nSPS) is 19.9. The molecule has 0 aliphatic carbocycles. The van der Waals surface area contributed by atoms with Gasteiger partial charge in [-0.25, -0.2) is 4.98 Å². The van der Waals surface area contributed by atoms with Crippen molar-refractivity contribution in [3.05, 3.63) is 88.0 Å². The smallest absolute Gasteiger partial charge is 0.301 e. The number of Topliss-reactive ketones (excluding diaryl/α,β-unsaturated/α-hetero) is 1. The molecule has 8 heteroatoms. The van der Waals surface area contributed by atoms with E-state index >= 15 is 0 Å². The van der Waals surface area contributed by atoms with Crippen molar-refractivity contribution in [2.45, 2.75) is 46.3 Å². The average molecular weight is 541 g/mol. The number of nitrogens with zero attached hydrogens (tertiary/aromatic N) is 2. The summed E-state index contributed by atoms with van der Waals surface area (Å²) in [4.78, 5) is 33.5. The van der Waals surface area contributed by atoms with Gasteiger partial charge in [0.2, 0.25) is 0 Å². The molecule has 1 saturated heterocycles. The lowest BCUT2D eigenvalue weighted by atomic mass is 9.94. The third-order valence-electron chi connectivity index (χ3n) is 7.12. The van der Waals surface area contributed by atoms with Crippen LogP contribution in [0.1, 0.15) is 47.7 Å². The Balaban J connectivity index is 1.55. The molecule has 2 atom stereocenters. The van der Waals surface area contributed by atoms with E-state index in [4.69, 9.17) is 14.5 Å². The fourth-order valence-electron chi connectivity index (χ4n) is 5.47. The van der Waals surface area contributed by atoms with Gasteiger partial charge in [0, 0.05) is 12.0 Å². The number of aliphatic hydroxyl groups excluding tert-OH is 1.